The van der Waals surface area contributed by atoms with E-state index >= 15 is 0 Å². The van der Waals surface area contributed by atoms with Crippen LogP contribution >= 0.6 is 22.7 Å². The molecule has 1 aliphatic carbocycles. The van der Waals surface area contributed by atoms with Crippen molar-refractivity contribution in [3.05, 3.63) is 39.7 Å². The summed E-state index contributed by atoms with van der Waals surface area (Å²) in [5.74, 6) is -0.370. The molecule has 3 aromatic rings. The Labute approximate surface area is 124 Å². The molecule has 1 aliphatic rings. The molecule has 0 aromatic carbocycles. The molecule has 0 bridgehead atoms. The number of nitrogens with zero attached hydrogens (tertiary/aromatic N) is 1. The summed E-state index contributed by atoms with van der Waals surface area (Å²) in [6.07, 6.45) is 3.28. The van der Waals surface area contributed by atoms with Crippen LogP contribution in [0.1, 0.15) is 27.3 Å². The molecule has 3 aromatic heterocycles. The summed E-state index contributed by atoms with van der Waals surface area (Å²) in [5, 5.41) is 3.16. The topological polar surface area (TPSA) is 56.0 Å². The van der Waals surface area contributed by atoms with Gasteiger partial charge < -0.3 is 5.73 Å². The fourth-order valence-corrected chi connectivity index (χ4v) is 4.60. The summed E-state index contributed by atoms with van der Waals surface area (Å²) in [7, 11) is 0. The van der Waals surface area contributed by atoms with Gasteiger partial charge in [-0.3, -0.25) is 4.79 Å². The smallest absolute Gasteiger partial charge is 0.258 e. The molecular weight excluding hydrogens is 288 g/mol. The van der Waals surface area contributed by atoms with Crippen LogP contribution in [0.2, 0.25) is 0 Å². The molecule has 5 heteroatoms. The molecular formula is C15H12N2OS2. The minimum atomic E-state index is -0.370. The zero-order valence-corrected chi connectivity index (χ0v) is 12.3. The Kier molecular flexibility index (Phi) is 2.65. The number of primary amides is 1. The van der Waals surface area contributed by atoms with Crippen LogP contribution in [-0.4, -0.2) is 10.9 Å². The van der Waals surface area contributed by atoms with Gasteiger partial charge in [0.1, 0.15) is 4.83 Å². The number of amides is 1. The van der Waals surface area contributed by atoms with Crippen molar-refractivity contribution in [1.82, 2.24) is 4.98 Å². The lowest BCUT2D eigenvalue weighted by Crippen LogP contribution is -2.08. The van der Waals surface area contributed by atoms with Crippen molar-refractivity contribution in [1.29, 1.82) is 0 Å². The molecule has 4 rings (SSSR count). The van der Waals surface area contributed by atoms with E-state index in [4.69, 9.17) is 10.7 Å². The number of aromatic nitrogens is 1. The number of rotatable bonds is 2. The van der Waals surface area contributed by atoms with Crippen LogP contribution in [0.5, 0.6) is 0 Å². The first-order chi connectivity index (χ1) is 9.74. The molecule has 2 N–H and O–H groups in total. The zero-order valence-electron chi connectivity index (χ0n) is 10.7. The molecule has 0 spiro atoms. The Balaban J connectivity index is 2.10. The fourth-order valence-electron chi connectivity index (χ4n) is 2.87. The van der Waals surface area contributed by atoms with Crippen molar-refractivity contribution in [3.63, 3.8) is 0 Å². The van der Waals surface area contributed by atoms with E-state index < -0.39 is 0 Å². The van der Waals surface area contributed by atoms with Gasteiger partial charge in [0.25, 0.3) is 5.91 Å². The van der Waals surface area contributed by atoms with Gasteiger partial charge in [-0.15, -0.1) is 22.7 Å². The average Bonchev–Trinajstić information content (AvgIpc) is 3.15. The molecule has 0 aliphatic heterocycles. The van der Waals surface area contributed by atoms with Gasteiger partial charge in [-0.1, -0.05) is 6.07 Å². The number of carbonyl (C=O) groups is 1. The molecule has 1 amide bonds. The van der Waals surface area contributed by atoms with Crippen LogP contribution in [0.4, 0.5) is 0 Å². The van der Waals surface area contributed by atoms with Crippen molar-refractivity contribution >= 4 is 38.8 Å². The predicted molar refractivity (Wildman–Crippen MR) is 83.5 cm³/mol. The Morgan fingerprint density at radius 3 is 3.00 bits per heavy atom. The van der Waals surface area contributed by atoms with Crippen molar-refractivity contribution in [2.75, 3.05) is 0 Å². The molecule has 3 heterocycles. The quantitative estimate of drug-likeness (QED) is 0.786. The first kappa shape index (κ1) is 12.1. The maximum atomic E-state index is 11.4. The normalized spacial score (nSPS) is 13.8. The van der Waals surface area contributed by atoms with E-state index in [2.05, 4.69) is 17.5 Å². The van der Waals surface area contributed by atoms with Crippen molar-refractivity contribution in [3.8, 4) is 10.4 Å². The Morgan fingerprint density at radius 2 is 2.25 bits per heavy atom. The van der Waals surface area contributed by atoms with E-state index in [0.717, 1.165) is 23.1 Å². The van der Waals surface area contributed by atoms with Gasteiger partial charge in [0.15, 0.2) is 0 Å². The van der Waals surface area contributed by atoms with Crippen LogP contribution in [0, 0.1) is 0 Å². The summed E-state index contributed by atoms with van der Waals surface area (Å²) < 4.78 is 0. The van der Waals surface area contributed by atoms with Crippen LogP contribution in [0.3, 0.4) is 0 Å². The first-order valence-corrected chi connectivity index (χ1v) is 8.22. The van der Waals surface area contributed by atoms with Crippen LogP contribution in [0.25, 0.3) is 20.7 Å². The summed E-state index contributed by atoms with van der Waals surface area (Å²) in [4.78, 5) is 19.0. The molecule has 3 nitrogen and oxygen atoms in total. The molecule has 0 atom stereocenters. The van der Waals surface area contributed by atoms with E-state index in [1.54, 1.807) is 11.3 Å². The minimum Gasteiger partial charge on any atom is -0.365 e. The van der Waals surface area contributed by atoms with Crippen LogP contribution < -0.4 is 5.73 Å². The maximum Gasteiger partial charge on any atom is 0.258 e. The van der Waals surface area contributed by atoms with E-state index in [9.17, 15) is 4.79 Å². The highest BCUT2D eigenvalue weighted by atomic mass is 32.1. The lowest BCUT2D eigenvalue weighted by atomic mass is 10.0. The highest BCUT2D eigenvalue weighted by Crippen LogP contribution is 2.41. The third-order valence-corrected chi connectivity index (χ3v) is 5.65. The molecule has 0 saturated heterocycles. The highest BCUT2D eigenvalue weighted by molar-refractivity contribution is 7.20. The summed E-state index contributed by atoms with van der Waals surface area (Å²) >= 11 is 3.14. The number of pyridine rings is 1. The van der Waals surface area contributed by atoms with Gasteiger partial charge in [-0.2, -0.15) is 0 Å². The van der Waals surface area contributed by atoms with Crippen LogP contribution in [-0.2, 0) is 12.8 Å². The lowest BCUT2D eigenvalue weighted by Gasteiger charge is -2.08. The predicted octanol–water partition coefficient (Wildman–Crippen LogP) is 3.61. The maximum absolute atomic E-state index is 11.4. The van der Waals surface area contributed by atoms with Gasteiger partial charge in [0.05, 0.1) is 4.88 Å². The monoisotopic (exact) mass is 300 g/mol. The number of carbonyl (C=O) groups excluding carboxylic acids is 1. The third kappa shape index (κ3) is 1.70. The number of thiophene rings is 2. The SMILES string of the molecule is NC(=O)c1cc2c(-c3cccs3)c3c(nc2s1)CCC3. The molecule has 20 heavy (non-hydrogen) atoms. The van der Waals surface area contributed by atoms with E-state index in [1.807, 2.05) is 6.07 Å². The summed E-state index contributed by atoms with van der Waals surface area (Å²) in [5.41, 5.74) is 9.23. The molecule has 100 valence electrons. The van der Waals surface area contributed by atoms with Gasteiger partial charge in [-0.25, -0.2) is 4.98 Å². The highest BCUT2D eigenvalue weighted by Gasteiger charge is 2.23. The van der Waals surface area contributed by atoms with E-state index in [-0.39, 0.29) is 5.91 Å². The van der Waals surface area contributed by atoms with Crippen molar-refractivity contribution in [2.24, 2.45) is 5.73 Å². The Hall–Kier alpha value is -1.72. The molecule has 0 radical (unpaired) electrons. The lowest BCUT2D eigenvalue weighted by molar-refractivity contribution is 0.100. The third-order valence-electron chi connectivity index (χ3n) is 3.72. The number of fused-ring (bicyclic) bond motifs is 2. The number of hydrogen-bond acceptors (Lipinski definition) is 4. The van der Waals surface area contributed by atoms with Crippen LogP contribution in [0.15, 0.2) is 23.6 Å². The fraction of sp³-hybridized carbons (Fsp3) is 0.200. The van der Waals surface area contributed by atoms with E-state index in [1.165, 1.54) is 39.5 Å². The second-order valence-electron chi connectivity index (χ2n) is 4.94. The largest absolute Gasteiger partial charge is 0.365 e. The van der Waals surface area contributed by atoms with Gasteiger partial charge >= 0.3 is 0 Å². The first-order valence-electron chi connectivity index (χ1n) is 6.53. The van der Waals surface area contributed by atoms with E-state index in [0.29, 0.717) is 4.88 Å². The summed E-state index contributed by atoms with van der Waals surface area (Å²) in [6, 6.07) is 6.11. The molecule has 0 unspecified atom stereocenters. The number of aryl methyl sites for hydroxylation is 1. The Bertz CT molecular complexity index is 818. The van der Waals surface area contributed by atoms with Gasteiger partial charge in [-0.05, 0) is 42.3 Å². The average molecular weight is 300 g/mol. The Morgan fingerprint density at radius 1 is 1.35 bits per heavy atom. The number of hydrogen-bond donors (Lipinski definition) is 1. The molecule has 0 fully saturated rings. The minimum absolute atomic E-state index is 0.370. The molecule has 0 saturated carbocycles. The van der Waals surface area contributed by atoms with Gasteiger partial charge in [0.2, 0.25) is 0 Å². The second-order valence-corrected chi connectivity index (χ2v) is 6.91. The van der Waals surface area contributed by atoms with Crippen molar-refractivity contribution < 1.29 is 4.79 Å². The number of nitrogens with two attached hydrogens (primary N) is 1. The zero-order chi connectivity index (χ0) is 13.7. The second kappa shape index (κ2) is 4.40. The van der Waals surface area contributed by atoms with Gasteiger partial charge in [0, 0.05) is 21.5 Å². The van der Waals surface area contributed by atoms with Crippen molar-refractivity contribution in [2.45, 2.75) is 19.3 Å². The summed E-state index contributed by atoms with van der Waals surface area (Å²) in [6.45, 7) is 0. The standard InChI is InChI=1S/C15H12N2OS2/c16-14(18)12-7-9-13(11-5-2-6-19-11)8-3-1-4-10(8)17-15(9)20-12/h2,5-7H,1,3-4H2,(H2,16,18).